The van der Waals surface area contributed by atoms with Gasteiger partial charge in [0.2, 0.25) is 10.0 Å². The largest absolute Gasteiger partial charge is 0.241 e. The first-order valence-corrected chi connectivity index (χ1v) is 9.52. The maximum Gasteiger partial charge on any atom is 0.241 e. The molecule has 1 atom stereocenters. The maximum absolute atomic E-state index is 12.5. The fraction of sp³-hybridized carbons (Fsp3) is 0.294. The van der Waals surface area contributed by atoms with E-state index in [9.17, 15) is 8.42 Å². The first kappa shape index (κ1) is 18.3. The van der Waals surface area contributed by atoms with E-state index in [1.165, 1.54) is 0 Å². The topological polar surface area (TPSA) is 46.2 Å². The summed E-state index contributed by atoms with van der Waals surface area (Å²) in [5, 5.41) is 0.945. The van der Waals surface area contributed by atoms with Crippen molar-refractivity contribution in [3.8, 4) is 0 Å². The van der Waals surface area contributed by atoms with Gasteiger partial charge in [0.1, 0.15) is 0 Å². The molecular weight excluding hydrogens is 353 g/mol. The summed E-state index contributed by atoms with van der Waals surface area (Å²) < 4.78 is 27.6. The first-order chi connectivity index (χ1) is 10.7. The number of nitrogens with one attached hydrogen (secondary N) is 1. The van der Waals surface area contributed by atoms with E-state index in [1.807, 2.05) is 12.1 Å². The summed E-state index contributed by atoms with van der Waals surface area (Å²) in [6.45, 7) is 5.87. The lowest BCUT2D eigenvalue weighted by Crippen LogP contribution is -2.27. The molecule has 0 saturated heterocycles. The average Bonchev–Trinajstić information content (AvgIpc) is 2.46. The smallest absolute Gasteiger partial charge is 0.207 e. The quantitative estimate of drug-likeness (QED) is 0.788. The van der Waals surface area contributed by atoms with Crippen LogP contribution in [0, 0.1) is 0 Å². The number of halogens is 2. The predicted octanol–water partition coefficient (Wildman–Crippen LogP) is 5.16. The van der Waals surface area contributed by atoms with Gasteiger partial charge < -0.3 is 0 Å². The molecule has 0 saturated carbocycles. The van der Waals surface area contributed by atoms with Crippen LogP contribution in [-0.2, 0) is 10.0 Å². The normalized spacial score (nSPS) is 13.3. The Morgan fingerprint density at radius 2 is 1.57 bits per heavy atom. The Hall–Kier alpha value is -1.07. The van der Waals surface area contributed by atoms with Crippen molar-refractivity contribution < 1.29 is 8.42 Å². The van der Waals surface area contributed by atoms with Crippen molar-refractivity contribution in [2.24, 2.45) is 0 Å². The van der Waals surface area contributed by atoms with Crippen molar-refractivity contribution in [1.82, 2.24) is 4.72 Å². The molecule has 0 spiro atoms. The van der Waals surface area contributed by atoms with Gasteiger partial charge in [-0.25, -0.2) is 13.1 Å². The highest BCUT2D eigenvalue weighted by Crippen LogP contribution is 2.27. The standard InChI is InChI=1S/C17H19Cl2NO2S/c1-11(2)13-4-7-15(8-5-13)23(21,22)20-12(3)16-9-6-14(18)10-17(16)19/h4-12,20H,1-3H3/t12-/m0/s1. The molecule has 2 aromatic carbocycles. The molecule has 2 rings (SSSR count). The van der Waals surface area contributed by atoms with Crippen molar-refractivity contribution in [1.29, 1.82) is 0 Å². The lowest BCUT2D eigenvalue weighted by atomic mass is 10.0. The number of sulfonamides is 1. The van der Waals surface area contributed by atoms with E-state index in [4.69, 9.17) is 23.2 Å². The zero-order valence-corrected chi connectivity index (χ0v) is 15.5. The zero-order valence-electron chi connectivity index (χ0n) is 13.2. The molecule has 0 aliphatic carbocycles. The van der Waals surface area contributed by atoms with Gasteiger partial charge in [0, 0.05) is 16.1 Å². The second-order valence-corrected chi connectivity index (χ2v) is 8.29. The zero-order chi connectivity index (χ0) is 17.2. The van der Waals surface area contributed by atoms with Crippen molar-refractivity contribution in [3.63, 3.8) is 0 Å². The van der Waals surface area contributed by atoms with Gasteiger partial charge in [-0.15, -0.1) is 0 Å². The number of hydrogen-bond donors (Lipinski definition) is 1. The molecule has 3 nitrogen and oxygen atoms in total. The van der Waals surface area contributed by atoms with Crippen molar-refractivity contribution >= 4 is 33.2 Å². The average molecular weight is 372 g/mol. The molecule has 0 radical (unpaired) electrons. The Morgan fingerprint density at radius 3 is 2.09 bits per heavy atom. The summed E-state index contributed by atoms with van der Waals surface area (Å²) in [6, 6.07) is 11.4. The van der Waals surface area contributed by atoms with E-state index in [-0.39, 0.29) is 4.90 Å². The summed E-state index contributed by atoms with van der Waals surface area (Å²) in [6.07, 6.45) is 0. The highest BCUT2D eigenvalue weighted by atomic mass is 35.5. The molecule has 0 aromatic heterocycles. The van der Waals surface area contributed by atoms with E-state index in [0.29, 0.717) is 21.5 Å². The molecule has 0 heterocycles. The highest BCUT2D eigenvalue weighted by Gasteiger charge is 2.20. The van der Waals surface area contributed by atoms with Gasteiger partial charge in [-0.1, -0.05) is 55.2 Å². The van der Waals surface area contributed by atoms with Crippen LogP contribution in [0.3, 0.4) is 0 Å². The summed E-state index contributed by atoms with van der Waals surface area (Å²) in [5.74, 6) is 0.353. The second-order valence-electron chi connectivity index (χ2n) is 5.73. The van der Waals surface area contributed by atoms with Crippen LogP contribution in [0.4, 0.5) is 0 Å². The Balaban J connectivity index is 2.23. The molecule has 0 aliphatic rings. The van der Waals surface area contributed by atoms with E-state index in [1.54, 1.807) is 37.3 Å². The van der Waals surface area contributed by atoms with Gasteiger partial charge in [-0.3, -0.25) is 0 Å². The van der Waals surface area contributed by atoms with Crippen LogP contribution in [-0.4, -0.2) is 8.42 Å². The van der Waals surface area contributed by atoms with Gasteiger partial charge >= 0.3 is 0 Å². The molecule has 23 heavy (non-hydrogen) atoms. The minimum atomic E-state index is -3.62. The third kappa shape index (κ3) is 4.48. The molecular formula is C17H19Cl2NO2S. The van der Waals surface area contributed by atoms with E-state index < -0.39 is 16.1 Å². The molecule has 6 heteroatoms. The summed E-state index contributed by atoms with van der Waals surface area (Å²) >= 11 is 12.0. The second kappa shape index (κ2) is 7.22. The molecule has 124 valence electrons. The number of hydrogen-bond acceptors (Lipinski definition) is 2. The molecule has 0 bridgehead atoms. The molecule has 1 N–H and O–H groups in total. The summed E-state index contributed by atoms with van der Waals surface area (Å²) in [4.78, 5) is 0.235. The summed E-state index contributed by atoms with van der Waals surface area (Å²) in [5.41, 5.74) is 1.77. The lowest BCUT2D eigenvalue weighted by Gasteiger charge is -2.16. The van der Waals surface area contributed by atoms with E-state index in [0.717, 1.165) is 5.56 Å². The Kier molecular flexibility index (Phi) is 5.74. The van der Waals surface area contributed by atoms with Gasteiger partial charge in [-0.2, -0.15) is 0 Å². The summed E-state index contributed by atoms with van der Waals surface area (Å²) in [7, 11) is -3.62. The minimum Gasteiger partial charge on any atom is -0.207 e. The van der Waals surface area contributed by atoms with Gasteiger partial charge in [0.05, 0.1) is 4.90 Å². The van der Waals surface area contributed by atoms with E-state index in [2.05, 4.69) is 18.6 Å². The van der Waals surface area contributed by atoms with Crippen molar-refractivity contribution in [3.05, 3.63) is 63.6 Å². The van der Waals surface area contributed by atoms with Crippen LogP contribution in [0.25, 0.3) is 0 Å². The highest BCUT2D eigenvalue weighted by molar-refractivity contribution is 7.89. The first-order valence-electron chi connectivity index (χ1n) is 7.28. The minimum absolute atomic E-state index is 0.235. The number of benzene rings is 2. The van der Waals surface area contributed by atoms with Crippen molar-refractivity contribution in [2.75, 3.05) is 0 Å². The number of rotatable bonds is 5. The third-order valence-electron chi connectivity index (χ3n) is 3.62. The molecule has 0 unspecified atom stereocenters. The molecule has 0 fully saturated rings. The SMILES string of the molecule is CC(C)c1ccc(S(=O)(=O)N[C@@H](C)c2ccc(Cl)cc2Cl)cc1. The van der Waals surface area contributed by atoms with Gasteiger partial charge in [0.25, 0.3) is 0 Å². The maximum atomic E-state index is 12.5. The van der Waals surface area contributed by atoms with Crippen LogP contribution in [0.2, 0.25) is 10.0 Å². The molecule has 0 amide bonds. The van der Waals surface area contributed by atoms with Crippen LogP contribution in [0.1, 0.15) is 43.9 Å². The van der Waals surface area contributed by atoms with Gasteiger partial charge in [-0.05, 0) is 48.2 Å². The monoisotopic (exact) mass is 371 g/mol. The van der Waals surface area contributed by atoms with E-state index >= 15 is 0 Å². The third-order valence-corrected chi connectivity index (χ3v) is 5.74. The Bertz CT molecular complexity index is 787. The Labute approximate surface area is 147 Å². The van der Waals surface area contributed by atoms with Crippen LogP contribution >= 0.6 is 23.2 Å². The fourth-order valence-electron chi connectivity index (χ4n) is 2.25. The lowest BCUT2D eigenvalue weighted by molar-refractivity contribution is 0.567. The van der Waals surface area contributed by atoms with Gasteiger partial charge in [0.15, 0.2) is 0 Å². The van der Waals surface area contributed by atoms with Crippen LogP contribution < -0.4 is 4.72 Å². The predicted molar refractivity (Wildman–Crippen MR) is 95.7 cm³/mol. The molecule has 2 aromatic rings. The van der Waals surface area contributed by atoms with Crippen molar-refractivity contribution in [2.45, 2.75) is 37.6 Å². The van der Waals surface area contributed by atoms with Crippen LogP contribution in [0.5, 0.6) is 0 Å². The molecule has 0 aliphatic heterocycles. The fourth-order valence-corrected chi connectivity index (χ4v) is 4.04. The Morgan fingerprint density at radius 1 is 0.957 bits per heavy atom. The van der Waals surface area contributed by atoms with Crippen LogP contribution in [0.15, 0.2) is 47.4 Å².